The van der Waals surface area contributed by atoms with Crippen LogP contribution in [0.4, 0.5) is 4.79 Å². The Morgan fingerprint density at radius 1 is 1.26 bits per heavy atom. The molecule has 1 aromatic rings. The van der Waals surface area contributed by atoms with Gasteiger partial charge in [-0.05, 0) is 26.3 Å². The third-order valence-electron chi connectivity index (χ3n) is 3.25. The van der Waals surface area contributed by atoms with Gasteiger partial charge in [0.1, 0.15) is 12.2 Å². The van der Waals surface area contributed by atoms with Gasteiger partial charge in [0.05, 0.1) is 13.2 Å². The summed E-state index contributed by atoms with van der Waals surface area (Å²) >= 11 is 0. The Morgan fingerprint density at radius 3 is 2.61 bits per heavy atom. The fraction of sp³-hybridized carbons (Fsp3) is 0.529. The van der Waals surface area contributed by atoms with Crippen molar-refractivity contribution in [1.29, 1.82) is 0 Å². The zero-order chi connectivity index (χ0) is 16.9. The van der Waals surface area contributed by atoms with E-state index in [9.17, 15) is 9.59 Å². The average Bonchev–Trinajstić information content (AvgIpc) is 2.52. The molecule has 0 spiro atoms. The second-order valence-electron chi connectivity index (χ2n) is 6.36. The summed E-state index contributed by atoms with van der Waals surface area (Å²) in [5, 5.41) is 0. The predicted molar refractivity (Wildman–Crippen MR) is 83.8 cm³/mol. The van der Waals surface area contributed by atoms with Crippen LogP contribution in [-0.4, -0.2) is 48.4 Å². The van der Waals surface area contributed by atoms with E-state index < -0.39 is 23.7 Å². The molecule has 0 saturated carbocycles. The van der Waals surface area contributed by atoms with Crippen LogP contribution in [0.5, 0.6) is 0 Å². The van der Waals surface area contributed by atoms with Crippen molar-refractivity contribution < 1.29 is 23.8 Å². The summed E-state index contributed by atoms with van der Waals surface area (Å²) in [5.74, 6) is -0.487. The number of amides is 1. The number of esters is 1. The number of rotatable bonds is 3. The van der Waals surface area contributed by atoms with E-state index in [4.69, 9.17) is 14.2 Å². The van der Waals surface area contributed by atoms with E-state index in [0.717, 1.165) is 5.56 Å². The van der Waals surface area contributed by atoms with Gasteiger partial charge in [-0.1, -0.05) is 30.3 Å². The molecule has 0 radical (unpaired) electrons. The molecule has 2 rings (SSSR count). The lowest BCUT2D eigenvalue weighted by molar-refractivity contribution is -0.157. The second-order valence-corrected chi connectivity index (χ2v) is 6.36. The summed E-state index contributed by atoms with van der Waals surface area (Å²) in [4.78, 5) is 25.9. The first kappa shape index (κ1) is 17.3. The van der Waals surface area contributed by atoms with Crippen molar-refractivity contribution in [3.63, 3.8) is 0 Å². The molecule has 0 aliphatic carbocycles. The molecule has 23 heavy (non-hydrogen) atoms. The van der Waals surface area contributed by atoms with Gasteiger partial charge in [-0.25, -0.2) is 9.59 Å². The first-order valence-corrected chi connectivity index (χ1v) is 7.65. The van der Waals surface area contributed by atoms with Crippen molar-refractivity contribution in [1.82, 2.24) is 4.90 Å². The number of nitrogens with zero attached hydrogens (tertiary/aromatic N) is 1. The first-order chi connectivity index (χ1) is 10.9. The Balaban J connectivity index is 1.97. The summed E-state index contributed by atoms with van der Waals surface area (Å²) in [6, 6.07) is 8.61. The highest BCUT2D eigenvalue weighted by Gasteiger charge is 2.36. The van der Waals surface area contributed by atoms with Crippen molar-refractivity contribution in [3.8, 4) is 0 Å². The Labute approximate surface area is 136 Å². The van der Waals surface area contributed by atoms with Gasteiger partial charge >= 0.3 is 12.1 Å². The standard InChI is InChI=1S/C17H23NO5/c1-17(2,3)23-16(20)18-9-10-21-12-14(18)15(19)22-11-13-7-5-4-6-8-13/h4-8,14H,9-12H2,1-3H3. The van der Waals surface area contributed by atoms with E-state index in [1.807, 2.05) is 30.3 Å². The van der Waals surface area contributed by atoms with Crippen molar-refractivity contribution in [2.75, 3.05) is 19.8 Å². The topological polar surface area (TPSA) is 65.1 Å². The fourth-order valence-electron chi connectivity index (χ4n) is 2.16. The minimum absolute atomic E-state index is 0.118. The number of hydrogen-bond acceptors (Lipinski definition) is 5. The molecular weight excluding hydrogens is 298 g/mol. The van der Waals surface area contributed by atoms with Crippen LogP contribution in [0.15, 0.2) is 30.3 Å². The van der Waals surface area contributed by atoms with E-state index in [2.05, 4.69) is 0 Å². The maximum Gasteiger partial charge on any atom is 0.411 e. The lowest BCUT2D eigenvalue weighted by atomic mass is 10.2. The molecule has 1 saturated heterocycles. The van der Waals surface area contributed by atoms with Gasteiger partial charge in [-0.15, -0.1) is 0 Å². The van der Waals surface area contributed by atoms with Gasteiger partial charge in [0.15, 0.2) is 6.04 Å². The normalized spacial score (nSPS) is 18.4. The zero-order valence-corrected chi connectivity index (χ0v) is 13.8. The Morgan fingerprint density at radius 2 is 1.96 bits per heavy atom. The number of benzene rings is 1. The molecule has 6 heteroatoms. The van der Waals surface area contributed by atoms with E-state index in [-0.39, 0.29) is 13.2 Å². The van der Waals surface area contributed by atoms with Crippen LogP contribution < -0.4 is 0 Å². The largest absolute Gasteiger partial charge is 0.459 e. The second kappa shape index (κ2) is 7.46. The molecule has 1 atom stereocenters. The zero-order valence-electron chi connectivity index (χ0n) is 13.8. The molecule has 0 N–H and O–H groups in total. The fourth-order valence-corrected chi connectivity index (χ4v) is 2.16. The minimum atomic E-state index is -0.776. The molecule has 6 nitrogen and oxygen atoms in total. The van der Waals surface area contributed by atoms with Crippen molar-refractivity contribution in [2.24, 2.45) is 0 Å². The van der Waals surface area contributed by atoms with Gasteiger partial charge in [0.25, 0.3) is 0 Å². The average molecular weight is 321 g/mol. The van der Waals surface area contributed by atoms with Crippen LogP contribution >= 0.6 is 0 Å². The summed E-state index contributed by atoms with van der Waals surface area (Å²) in [7, 11) is 0. The SMILES string of the molecule is CC(C)(C)OC(=O)N1CCOCC1C(=O)OCc1ccccc1. The Bertz CT molecular complexity index is 538. The van der Waals surface area contributed by atoms with Gasteiger partial charge < -0.3 is 14.2 Å². The molecule has 1 heterocycles. The van der Waals surface area contributed by atoms with Crippen LogP contribution in [0.25, 0.3) is 0 Å². The predicted octanol–water partition coefficient (Wildman–Crippen LogP) is 2.37. The van der Waals surface area contributed by atoms with Crippen LogP contribution in [0.3, 0.4) is 0 Å². The smallest absolute Gasteiger partial charge is 0.411 e. The van der Waals surface area contributed by atoms with E-state index in [1.165, 1.54) is 4.90 Å². The molecule has 1 amide bonds. The molecule has 1 fully saturated rings. The van der Waals surface area contributed by atoms with Crippen LogP contribution in [0.2, 0.25) is 0 Å². The van der Waals surface area contributed by atoms with Gasteiger partial charge in [0.2, 0.25) is 0 Å². The van der Waals surface area contributed by atoms with Crippen LogP contribution in [-0.2, 0) is 25.6 Å². The number of carbonyl (C=O) groups excluding carboxylic acids is 2. The maximum absolute atomic E-state index is 12.3. The molecular formula is C17H23NO5. The van der Waals surface area contributed by atoms with Crippen LogP contribution in [0.1, 0.15) is 26.3 Å². The quantitative estimate of drug-likeness (QED) is 0.800. The van der Waals surface area contributed by atoms with Crippen molar-refractivity contribution in [3.05, 3.63) is 35.9 Å². The molecule has 1 aliphatic heterocycles. The van der Waals surface area contributed by atoms with Gasteiger partial charge in [-0.2, -0.15) is 0 Å². The molecule has 0 aromatic heterocycles. The van der Waals surface area contributed by atoms with Crippen molar-refractivity contribution in [2.45, 2.75) is 39.0 Å². The molecule has 126 valence electrons. The number of hydrogen-bond donors (Lipinski definition) is 0. The highest BCUT2D eigenvalue weighted by molar-refractivity contribution is 5.82. The summed E-state index contributed by atoms with van der Waals surface area (Å²) < 4.78 is 16.0. The molecule has 1 aliphatic rings. The first-order valence-electron chi connectivity index (χ1n) is 7.65. The lowest BCUT2D eigenvalue weighted by Gasteiger charge is -2.35. The van der Waals surface area contributed by atoms with Gasteiger partial charge in [0, 0.05) is 6.54 Å². The monoisotopic (exact) mass is 321 g/mol. The van der Waals surface area contributed by atoms with E-state index >= 15 is 0 Å². The minimum Gasteiger partial charge on any atom is -0.459 e. The third-order valence-corrected chi connectivity index (χ3v) is 3.25. The Kier molecular flexibility index (Phi) is 5.60. The third kappa shape index (κ3) is 5.25. The van der Waals surface area contributed by atoms with E-state index in [1.54, 1.807) is 20.8 Å². The molecule has 1 unspecified atom stereocenters. The molecule has 1 aromatic carbocycles. The highest BCUT2D eigenvalue weighted by Crippen LogP contribution is 2.16. The number of carbonyl (C=O) groups is 2. The van der Waals surface area contributed by atoms with Gasteiger partial charge in [-0.3, -0.25) is 4.90 Å². The highest BCUT2D eigenvalue weighted by atomic mass is 16.6. The van der Waals surface area contributed by atoms with E-state index in [0.29, 0.717) is 13.2 Å². The summed E-state index contributed by atoms with van der Waals surface area (Å²) in [5.41, 5.74) is 0.273. The lowest BCUT2D eigenvalue weighted by Crippen LogP contribution is -2.54. The number of ether oxygens (including phenoxy) is 3. The molecule has 0 bridgehead atoms. The van der Waals surface area contributed by atoms with Crippen LogP contribution in [0, 0.1) is 0 Å². The summed E-state index contributed by atoms with van der Waals surface area (Å²) in [6.45, 7) is 6.32. The van der Waals surface area contributed by atoms with Crippen molar-refractivity contribution >= 4 is 12.1 Å². The summed E-state index contributed by atoms with van der Waals surface area (Å²) in [6.07, 6.45) is -0.525. The Hall–Kier alpha value is -2.08. The maximum atomic E-state index is 12.3. The number of morpholine rings is 1.